The number of hydrogen-bond donors (Lipinski definition) is 0. The van der Waals surface area contributed by atoms with Gasteiger partial charge in [-0.3, -0.25) is 0 Å². The van der Waals surface area contributed by atoms with Gasteiger partial charge < -0.3 is 21.9 Å². The molecule has 1 heterocycles. The molecule has 8 heteroatoms. The molecule has 36 heavy (non-hydrogen) atoms. The van der Waals surface area contributed by atoms with Gasteiger partial charge in [-0.15, -0.1) is 19.6 Å². The van der Waals surface area contributed by atoms with Gasteiger partial charge >= 0.3 is 56.6 Å². The van der Waals surface area contributed by atoms with Gasteiger partial charge in [-0.05, 0) is 48.8 Å². The van der Waals surface area contributed by atoms with Crippen LogP contribution in [0.15, 0.2) is 91.0 Å². The molecule has 3 radical (unpaired) electrons. The predicted octanol–water partition coefficient (Wildman–Crippen LogP) is -1.73. The molecule has 1 aliphatic heterocycles. The molecule has 3 N–H and O–H groups in total. The van der Waals surface area contributed by atoms with E-state index >= 15 is 0 Å². The fourth-order valence-electron chi connectivity index (χ4n) is 2.88. The van der Waals surface area contributed by atoms with Gasteiger partial charge in [0.15, 0.2) is 0 Å². The van der Waals surface area contributed by atoms with Crippen molar-refractivity contribution in [2.24, 2.45) is 0 Å². The molecule has 0 bridgehead atoms. The molecular weight excluding hydrogens is 537 g/mol. The summed E-state index contributed by atoms with van der Waals surface area (Å²) in [5, 5.41) is 0. The van der Waals surface area contributed by atoms with Crippen LogP contribution in [0.25, 0.3) is 17.2 Å². The quantitative estimate of drug-likeness (QED) is 0.322. The second-order valence-electron chi connectivity index (χ2n) is 7.28. The minimum Gasteiger partial charge on any atom is -0.677 e. The maximum atomic E-state index is 6.94. The van der Waals surface area contributed by atoms with Crippen LogP contribution in [0.5, 0.6) is 0 Å². The zero-order valence-corrected chi connectivity index (χ0v) is 25.1. The molecule has 4 rings (SSSR count). The van der Waals surface area contributed by atoms with Crippen molar-refractivity contribution in [1.29, 1.82) is 0 Å². The van der Waals surface area contributed by atoms with Crippen molar-refractivity contribution in [3.05, 3.63) is 125 Å². The third-order valence-electron chi connectivity index (χ3n) is 4.60. The zero-order chi connectivity index (χ0) is 23.1. The molecule has 1 saturated heterocycles. The van der Waals surface area contributed by atoms with E-state index in [-0.39, 0.29) is 81.0 Å². The van der Waals surface area contributed by atoms with Crippen LogP contribution < -0.4 is 56.6 Å². The summed E-state index contributed by atoms with van der Waals surface area (Å²) in [6.07, 6.45) is 5.18. The van der Waals surface area contributed by atoms with Gasteiger partial charge in [0.2, 0.25) is 0 Å². The Labute approximate surface area is 273 Å². The monoisotopic (exact) mass is 574 g/mol. The fourth-order valence-corrected chi connectivity index (χ4v) is 2.88. The van der Waals surface area contributed by atoms with Crippen molar-refractivity contribution >= 4 is 24.4 Å². The van der Waals surface area contributed by atoms with Crippen molar-refractivity contribution in [2.75, 3.05) is 32.8 Å². The van der Waals surface area contributed by atoms with Crippen LogP contribution in [0.3, 0.4) is 0 Å². The van der Waals surface area contributed by atoms with E-state index in [1.807, 2.05) is 54.6 Å². The Morgan fingerprint density at radius 3 is 0.889 bits per heavy atom. The Bertz CT molecular complexity index is 662. The number of benzene rings is 3. The summed E-state index contributed by atoms with van der Waals surface area (Å²) in [7, 11) is 0. The predicted molar refractivity (Wildman–Crippen MR) is 144 cm³/mol. The molecule has 179 valence electrons. The molecule has 0 unspecified atom stereocenters. The van der Waals surface area contributed by atoms with Gasteiger partial charge in [-0.2, -0.15) is 0 Å². The molecule has 3 aromatic carbocycles. The largest absolute Gasteiger partial charge is 1.00 e. The van der Waals surface area contributed by atoms with E-state index in [9.17, 15) is 0 Å². The first kappa shape index (κ1) is 43.2. The number of ether oxygens (including phenoxy) is 1. The van der Waals surface area contributed by atoms with Crippen LogP contribution in [0.1, 0.15) is 29.5 Å². The van der Waals surface area contributed by atoms with E-state index < -0.39 is 0 Å². The number of nitrogens with one attached hydrogen (secondary N) is 3. The third-order valence-corrected chi connectivity index (χ3v) is 4.60. The Kier molecular flexibility index (Phi) is 39.7. The summed E-state index contributed by atoms with van der Waals surface area (Å²) < 4.78 is 4.94. The molecular formula is C28H38Li3N3OSb. The first-order valence-electron chi connectivity index (χ1n) is 11.4. The topological polar surface area (TPSA) is 80.6 Å². The number of hydrogen-bond acceptors (Lipinski definition) is 1. The van der Waals surface area contributed by atoms with Gasteiger partial charge in [-0.1, -0.05) is 91.0 Å². The number of rotatable bonds is 6. The van der Waals surface area contributed by atoms with Gasteiger partial charge in [-0.25, -0.2) is 0 Å². The van der Waals surface area contributed by atoms with Crippen molar-refractivity contribution in [3.63, 3.8) is 0 Å². The minimum absolute atomic E-state index is 0. The third kappa shape index (κ3) is 25.7. The van der Waals surface area contributed by atoms with E-state index in [1.165, 1.54) is 29.5 Å². The summed E-state index contributed by atoms with van der Waals surface area (Å²) in [4.78, 5) is 0. The first-order valence-corrected chi connectivity index (χ1v) is 11.4. The maximum Gasteiger partial charge on any atom is 1.00 e. The van der Waals surface area contributed by atoms with Crippen molar-refractivity contribution < 1.29 is 61.3 Å². The second kappa shape index (κ2) is 33.1. The van der Waals surface area contributed by atoms with Crippen LogP contribution in [-0.4, -0.2) is 57.3 Å². The van der Waals surface area contributed by atoms with Gasteiger partial charge in [0.1, 0.15) is 0 Å². The van der Waals surface area contributed by atoms with E-state index in [0.29, 0.717) is 19.6 Å². The summed E-state index contributed by atoms with van der Waals surface area (Å²) in [6, 6.07) is 30.3. The Morgan fingerprint density at radius 1 is 0.472 bits per heavy atom. The molecule has 1 aliphatic rings. The summed E-state index contributed by atoms with van der Waals surface area (Å²) in [6.45, 7) is 3.47. The zero-order valence-electron chi connectivity index (χ0n) is 22.6. The van der Waals surface area contributed by atoms with Crippen LogP contribution in [0.2, 0.25) is 0 Å². The van der Waals surface area contributed by atoms with Gasteiger partial charge in [0.25, 0.3) is 0 Å². The standard InChI is InChI=1S/3C8H10N.C4H8O.3Li.Sb/c3*9-7-6-8-4-2-1-3-5-8;1-2-4-5-3-1;;;;/h3*1-5,9H,6-7H2;1-4H2;;;;/q3*-1;;3*+1;. The molecule has 0 aliphatic carbocycles. The summed E-state index contributed by atoms with van der Waals surface area (Å²) >= 11 is 0. The maximum absolute atomic E-state index is 6.94. The molecule has 0 spiro atoms. The first-order chi connectivity index (χ1) is 15.8. The molecule has 4 nitrogen and oxygen atoms in total. The average molecular weight is 575 g/mol. The Morgan fingerprint density at radius 2 is 0.722 bits per heavy atom. The smallest absolute Gasteiger partial charge is 0.677 e. The molecule has 0 atom stereocenters. The van der Waals surface area contributed by atoms with Crippen molar-refractivity contribution in [2.45, 2.75) is 32.1 Å². The van der Waals surface area contributed by atoms with Gasteiger partial charge in [0.05, 0.1) is 0 Å². The SMILES string of the molecule is C1CCOC1.[Li+].[Li+].[Li+].[NH-]CCc1ccccc1.[NH-]CCc1ccccc1.[NH-]CCc1ccccc1.[Sb]. The van der Waals surface area contributed by atoms with Crippen LogP contribution in [-0.2, 0) is 24.0 Å². The van der Waals surface area contributed by atoms with Crippen molar-refractivity contribution in [3.8, 4) is 0 Å². The second-order valence-corrected chi connectivity index (χ2v) is 7.28. The van der Waals surface area contributed by atoms with Gasteiger partial charge in [0, 0.05) is 37.6 Å². The molecule has 3 aromatic rings. The van der Waals surface area contributed by atoms with Crippen LogP contribution >= 0.6 is 0 Å². The Hall–Kier alpha value is 0.110. The molecule has 1 fully saturated rings. The minimum atomic E-state index is 0. The normalized spacial score (nSPS) is 10.4. The van der Waals surface area contributed by atoms with E-state index in [2.05, 4.69) is 36.4 Å². The Balaban J connectivity index is -0.000000186. The van der Waals surface area contributed by atoms with Crippen LogP contribution in [0, 0.1) is 0 Å². The van der Waals surface area contributed by atoms with E-state index in [4.69, 9.17) is 21.9 Å². The summed E-state index contributed by atoms with van der Waals surface area (Å²) in [5.74, 6) is 0. The van der Waals surface area contributed by atoms with Crippen molar-refractivity contribution in [1.82, 2.24) is 0 Å². The van der Waals surface area contributed by atoms with E-state index in [1.54, 1.807) is 0 Å². The fraction of sp³-hybridized carbons (Fsp3) is 0.357. The molecule has 0 amide bonds. The van der Waals surface area contributed by atoms with Crippen LogP contribution in [0.4, 0.5) is 0 Å². The molecule has 0 aromatic heterocycles. The van der Waals surface area contributed by atoms with E-state index in [0.717, 1.165) is 32.5 Å². The average Bonchev–Trinajstić information content (AvgIpc) is 3.43. The summed E-state index contributed by atoms with van der Waals surface area (Å²) in [5.41, 5.74) is 24.6. The molecule has 0 saturated carbocycles.